The van der Waals surface area contributed by atoms with E-state index in [-0.39, 0.29) is 17.3 Å². The SMILES string of the molecule is O=C(CC1CCCc2ccccc21)c1ccccc1F. The number of benzene rings is 2. The second-order valence-corrected chi connectivity index (χ2v) is 5.40. The van der Waals surface area contributed by atoms with Gasteiger partial charge in [-0.2, -0.15) is 0 Å². The number of halogens is 1. The zero-order chi connectivity index (χ0) is 13.9. The summed E-state index contributed by atoms with van der Waals surface area (Å²) in [5, 5.41) is 0. The van der Waals surface area contributed by atoms with Gasteiger partial charge in [0.15, 0.2) is 5.78 Å². The highest BCUT2D eigenvalue weighted by molar-refractivity contribution is 5.96. The Hall–Kier alpha value is -1.96. The highest BCUT2D eigenvalue weighted by Crippen LogP contribution is 2.34. The van der Waals surface area contributed by atoms with Crippen molar-refractivity contribution in [3.05, 3.63) is 71.0 Å². The quantitative estimate of drug-likeness (QED) is 0.748. The molecule has 2 heteroatoms. The Balaban J connectivity index is 1.83. The Bertz CT molecular complexity index is 633. The molecule has 0 saturated carbocycles. The number of fused-ring (bicyclic) bond motifs is 1. The monoisotopic (exact) mass is 268 g/mol. The lowest BCUT2D eigenvalue weighted by molar-refractivity contribution is 0.0967. The van der Waals surface area contributed by atoms with E-state index in [1.165, 1.54) is 17.2 Å². The smallest absolute Gasteiger partial charge is 0.166 e. The summed E-state index contributed by atoms with van der Waals surface area (Å²) < 4.78 is 13.7. The fraction of sp³-hybridized carbons (Fsp3) is 0.278. The summed E-state index contributed by atoms with van der Waals surface area (Å²) in [7, 11) is 0. The van der Waals surface area contributed by atoms with Crippen molar-refractivity contribution in [3.63, 3.8) is 0 Å². The largest absolute Gasteiger partial charge is 0.294 e. The number of hydrogen-bond acceptors (Lipinski definition) is 1. The molecular formula is C18H17FO. The minimum atomic E-state index is -0.415. The van der Waals surface area contributed by atoms with Crippen LogP contribution in [-0.4, -0.2) is 5.78 Å². The van der Waals surface area contributed by atoms with Gasteiger partial charge in [0.25, 0.3) is 0 Å². The van der Waals surface area contributed by atoms with E-state index in [2.05, 4.69) is 12.1 Å². The van der Waals surface area contributed by atoms with Gasteiger partial charge in [0.2, 0.25) is 0 Å². The van der Waals surface area contributed by atoms with E-state index in [4.69, 9.17) is 0 Å². The summed E-state index contributed by atoms with van der Waals surface area (Å²) in [6, 6.07) is 14.6. The lowest BCUT2D eigenvalue weighted by Gasteiger charge is -2.25. The third kappa shape index (κ3) is 2.51. The molecule has 0 N–H and O–H groups in total. The van der Waals surface area contributed by atoms with Crippen LogP contribution in [0.15, 0.2) is 48.5 Å². The average molecular weight is 268 g/mol. The van der Waals surface area contributed by atoms with Gasteiger partial charge in [-0.05, 0) is 48.4 Å². The maximum absolute atomic E-state index is 13.7. The van der Waals surface area contributed by atoms with E-state index in [1.54, 1.807) is 18.2 Å². The van der Waals surface area contributed by atoms with Crippen molar-refractivity contribution in [2.24, 2.45) is 0 Å². The standard InChI is InChI=1S/C18H17FO/c19-17-11-4-3-10-16(17)18(20)12-14-8-5-7-13-6-1-2-9-15(13)14/h1-4,6,9-11,14H,5,7-8,12H2. The minimum Gasteiger partial charge on any atom is -0.294 e. The molecule has 0 aromatic heterocycles. The van der Waals surface area contributed by atoms with Crippen molar-refractivity contribution < 1.29 is 9.18 Å². The molecule has 1 nitrogen and oxygen atoms in total. The molecule has 0 spiro atoms. The Morgan fingerprint density at radius 2 is 1.85 bits per heavy atom. The normalized spacial score (nSPS) is 17.6. The first-order valence-electron chi connectivity index (χ1n) is 7.11. The molecule has 0 amide bonds. The van der Waals surface area contributed by atoms with E-state index >= 15 is 0 Å². The third-order valence-electron chi connectivity index (χ3n) is 4.10. The van der Waals surface area contributed by atoms with E-state index in [9.17, 15) is 9.18 Å². The van der Waals surface area contributed by atoms with Crippen LogP contribution in [0.25, 0.3) is 0 Å². The first-order valence-corrected chi connectivity index (χ1v) is 7.11. The molecule has 0 heterocycles. The molecule has 1 atom stereocenters. The molecule has 0 aliphatic heterocycles. The van der Waals surface area contributed by atoms with E-state index in [0.717, 1.165) is 19.3 Å². The fourth-order valence-electron chi connectivity index (χ4n) is 3.09. The number of carbonyl (C=O) groups is 1. The summed E-state index contributed by atoms with van der Waals surface area (Å²) in [6.45, 7) is 0. The maximum Gasteiger partial charge on any atom is 0.166 e. The lowest BCUT2D eigenvalue weighted by atomic mass is 9.79. The molecule has 0 fully saturated rings. The van der Waals surface area contributed by atoms with Crippen LogP contribution in [0, 0.1) is 5.82 Å². The Labute approximate surface area is 118 Å². The fourth-order valence-corrected chi connectivity index (χ4v) is 3.09. The van der Waals surface area contributed by atoms with Gasteiger partial charge < -0.3 is 0 Å². The lowest BCUT2D eigenvalue weighted by Crippen LogP contribution is -2.14. The van der Waals surface area contributed by atoms with Gasteiger partial charge in [-0.3, -0.25) is 4.79 Å². The molecule has 1 aliphatic carbocycles. The zero-order valence-electron chi connectivity index (χ0n) is 11.3. The highest BCUT2D eigenvalue weighted by atomic mass is 19.1. The van der Waals surface area contributed by atoms with Crippen molar-refractivity contribution in [2.45, 2.75) is 31.6 Å². The van der Waals surface area contributed by atoms with Crippen molar-refractivity contribution in [1.82, 2.24) is 0 Å². The Morgan fingerprint density at radius 3 is 2.70 bits per heavy atom. The molecule has 1 aliphatic rings. The van der Waals surface area contributed by atoms with Gasteiger partial charge in [-0.25, -0.2) is 4.39 Å². The Kier molecular flexibility index (Phi) is 3.64. The van der Waals surface area contributed by atoms with Gasteiger partial charge in [0.1, 0.15) is 5.82 Å². The number of Topliss-reactive ketones (excluding diaryl/α,β-unsaturated/α-hetero) is 1. The van der Waals surface area contributed by atoms with Crippen LogP contribution < -0.4 is 0 Å². The molecule has 102 valence electrons. The van der Waals surface area contributed by atoms with E-state index < -0.39 is 5.82 Å². The first-order chi connectivity index (χ1) is 9.75. The molecule has 20 heavy (non-hydrogen) atoms. The second kappa shape index (κ2) is 5.58. The van der Waals surface area contributed by atoms with Gasteiger partial charge in [0, 0.05) is 6.42 Å². The minimum absolute atomic E-state index is 0.0928. The molecule has 2 aromatic rings. The predicted octanol–water partition coefficient (Wildman–Crippen LogP) is 4.52. The van der Waals surface area contributed by atoms with Crippen LogP contribution in [0.2, 0.25) is 0 Å². The predicted molar refractivity (Wildman–Crippen MR) is 77.5 cm³/mol. The molecule has 2 aromatic carbocycles. The number of ketones is 1. The Morgan fingerprint density at radius 1 is 1.10 bits per heavy atom. The average Bonchev–Trinajstić information content (AvgIpc) is 2.48. The number of rotatable bonds is 3. The molecule has 0 saturated heterocycles. The van der Waals surface area contributed by atoms with Gasteiger partial charge >= 0.3 is 0 Å². The van der Waals surface area contributed by atoms with Crippen molar-refractivity contribution in [2.75, 3.05) is 0 Å². The number of aryl methyl sites for hydroxylation is 1. The van der Waals surface area contributed by atoms with E-state index in [0.29, 0.717) is 6.42 Å². The summed E-state index contributed by atoms with van der Waals surface area (Å²) in [5.41, 5.74) is 2.82. The summed E-state index contributed by atoms with van der Waals surface area (Å²) >= 11 is 0. The zero-order valence-corrected chi connectivity index (χ0v) is 11.3. The molecule has 0 bridgehead atoms. The maximum atomic E-state index is 13.7. The van der Waals surface area contributed by atoms with Crippen LogP contribution in [0.4, 0.5) is 4.39 Å². The van der Waals surface area contributed by atoms with Crippen LogP contribution in [-0.2, 0) is 6.42 Å². The van der Waals surface area contributed by atoms with Gasteiger partial charge in [-0.1, -0.05) is 36.4 Å². The van der Waals surface area contributed by atoms with Crippen molar-refractivity contribution in [3.8, 4) is 0 Å². The third-order valence-corrected chi connectivity index (χ3v) is 4.10. The van der Waals surface area contributed by atoms with Crippen molar-refractivity contribution >= 4 is 5.78 Å². The van der Waals surface area contributed by atoms with Gasteiger partial charge in [-0.15, -0.1) is 0 Å². The summed E-state index contributed by atoms with van der Waals surface area (Å²) in [6.07, 6.45) is 3.60. The van der Waals surface area contributed by atoms with Gasteiger partial charge in [0.05, 0.1) is 5.56 Å². The number of hydrogen-bond donors (Lipinski definition) is 0. The van der Waals surface area contributed by atoms with E-state index in [1.807, 2.05) is 12.1 Å². The van der Waals surface area contributed by atoms with Crippen LogP contribution >= 0.6 is 0 Å². The topological polar surface area (TPSA) is 17.1 Å². The van der Waals surface area contributed by atoms with Crippen molar-refractivity contribution in [1.29, 1.82) is 0 Å². The molecule has 1 unspecified atom stereocenters. The van der Waals surface area contributed by atoms with Crippen LogP contribution in [0.5, 0.6) is 0 Å². The molecular weight excluding hydrogens is 251 g/mol. The number of carbonyl (C=O) groups excluding carboxylic acids is 1. The molecule has 3 rings (SSSR count). The summed E-state index contributed by atoms with van der Waals surface area (Å²) in [4.78, 5) is 12.3. The first kappa shape index (κ1) is 13.0. The summed E-state index contributed by atoms with van der Waals surface area (Å²) in [5.74, 6) is -0.279. The van der Waals surface area contributed by atoms with Crippen LogP contribution in [0.3, 0.4) is 0 Å². The van der Waals surface area contributed by atoms with Crippen LogP contribution in [0.1, 0.15) is 46.7 Å². The highest BCUT2D eigenvalue weighted by Gasteiger charge is 2.23. The molecule has 0 radical (unpaired) electrons. The second-order valence-electron chi connectivity index (χ2n) is 5.40.